The van der Waals surface area contributed by atoms with Gasteiger partial charge in [0.2, 0.25) is 0 Å². The Morgan fingerprint density at radius 2 is 2.43 bits per heavy atom. The third-order valence-corrected chi connectivity index (χ3v) is 2.23. The van der Waals surface area contributed by atoms with Gasteiger partial charge in [-0.15, -0.1) is 0 Å². The average molecular weight is 196 g/mol. The van der Waals surface area contributed by atoms with Gasteiger partial charge in [-0.25, -0.2) is 4.98 Å². The van der Waals surface area contributed by atoms with Gasteiger partial charge >= 0.3 is 0 Å². The van der Waals surface area contributed by atoms with Crippen molar-refractivity contribution >= 4 is 0 Å². The Labute approximate surface area is 80.8 Å². The highest BCUT2D eigenvalue weighted by atomic mass is 16.5. The largest absolute Gasteiger partial charge is 0.396 e. The number of fused-ring (bicyclic) bond motifs is 1. The predicted molar refractivity (Wildman–Crippen MR) is 49.0 cm³/mol. The van der Waals surface area contributed by atoms with Gasteiger partial charge in [-0.2, -0.15) is 0 Å². The zero-order valence-corrected chi connectivity index (χ0v) is 7.75. The van der Waals surface area contributed by atoms with Crippen molar-refractivity contribution in [2.45, 2.75) is 19.4 Å². The van der Waals surface area contributed by atoms with Crippen molar-refractivity contribution in [3.05, 3.63) is 27.4 Å². The Morgan fingerprint density at radius 1 is 1.57 bits per heavy atom. The van der Waals surface area contributed by atoms with Crippen molar-refractivity contribution in [1.29, 1.82) is 0 Å². The van der Waals surface area contributed by atoms with Crippen molar-refractivity contribution in [3.8, 4) is 0 Å². The first-order valence-corrected chi connectivity index (χ1v) is 4.61. The smallest absolute Gasteiger partial charge is 0.256 e. The molecule has 0 unspecified atom stereocenters. The zero-order chi connectivity index (χ0) is 9.97. The second kappa shape index (κ2) is 3.89. The van der Waals surface area contributed by atoms with Crippen LogP contribution < -0.4 is 5.56 Å². The molecule has 0 aliphatic carbocycles. The highest BCUT2D eigenvalue weighted by molar-refractivity contribution is 5.19. The van der Waals surface area contributed by atoms with Crippen molar-refractivity contribution in [3.63, 3.8) is 0 Å². The number of hydrogen-bond donors (Lipinski definition) is 2. The van der Waals surface area contributed by atoms with Gasteiger partial charge in [0.15, 0.2) is 0 Å². The molecule has 0 fully saturated rings. The first-order chi connectivity index (χ1) is 6.81. The van der Waals surface area contributed by atoms with E-state index in [0.717, 1.165) is 5.69 Å². The molecular weight excluding hydrogens is 184 g/mol. The van der Waals surface area contributed by atoms with Crippen LogP contribution in [0.1, 0.15) is 17.1 Å². The molecule has 0 atom stereocenters. The molecular formula is C9H12N2O3. The quantitative estimate of drug-likeness (QED) is 0.661. The topological polar surface area (TPSA) is 75.2 Å². The van der Waals surface area contributed by atoms with Gasteiger partial charge in [0, 0.05) is 12.8 Å². The summed E-state index contributed by atoms with van der Waals surface area (Å²) in [6.07, 6.45) is 1.07. The van der Waals surface area contributed by atoms with Crippen LogP contribution in [0.5, 0.6) is 0 Å². The first kappa shape index (κ1) is 9.36. The summed E-state index contributed by atoms with van der Waals surface area (Å²) >= 11 is 0. The van der Waals surface area contributed by atoms with Crippen molar-refractivity contribution in [2.24, 2.45) is 0 Å². The molecule has 1 aromatic rings. The van der Waals surface area contributed by atoms with E-state index in [2.05, 4.69) is 9.97 Å². The summed E-state index contributed by atoms with van der Waals surface area (Å²) in [6.45, 7) is 0.956. The lowest BCUT2D eigenvalue weighted by atomic mass is 10.1. The summed E-state index contributed by atoms with van der Waals surface area (Å²) in [5.41, 5.74) is 1.29. The molecule has 14 heavy (non-hydrogen) atoms. The highest BCUT2D eigenvalue weighted by Crippen LogP contribution is 2.09. The minimum absolute atomic E-state index is 0.00176. The Kier molecular flexibility index (Phi) is 2.60. The number of ether oxygens (including phenoxy) is 1. The summed E-state index contributed by atoms with van der Waals surface area (Å²) in [5.74, 6) is 0.554. The zero-order valence-electron chi connectivity index (χ0n) is 7.75. The van der Waals surface area contributed by atoms with Crippen LogP contribution in [-0.4, -0.2) is 28.3 Å². The molecule has 0 bridgehead atoms. The Balaban J connectivity index is 2.41. The van der Waals surface area contributed by atoms with E-state index in [4.69, 9.17) is 9.84 Å². The second-order valence-corrected chi connectivity index (χ2v) is 3.21. The molecule has 0 radical (unpaired) electrons. The fourth-order valence-corrected chi connectivity index (χ4v) is 1.52. The lowest BCUT2D eigenvalue weighted by molar-refractivity contribution is 0.107. The molecule has 5 nitrogen and oxygen atoms in total. The van der Waals surface area contributed by atoms with Crippen LogP contribution >= 0.6 is 0 Å². The van der Waals surface area contributed by atoms with E-state index >= 15 is 0 Å². The van der Waals surface area contributed by atoms with E-state index in [9.17, 15) is 4.79 Å². The van der Waals surface area contributed by atoms with E-state index in [-0.39, 0.29) is 12.2 Å². The fourth-order valence-electron chi connectivity index (χ4n) is 1.52. The number of nitrogens with zero attached hydrogens (tertiary/aromatic N) is 1. The van der Waals surface area contributed by atoms with Crippen molar-refractivity contribution < 1.29 is 9.84 Å². The molecule has 1 aliphatic heterocycles. The summed E-state index contributed by atoms with van der Waals surface area (Å²) in [4.78, 5) is 18.4. The monoisotopic (exact) mass is 196 g/mol. The van der Waals surface area contributed by atoms with Crippen molar-refractivity contribution in [2.75, 3.05) is 13.2 Å². The fraction of sp³-hybridized carbons (Fsp3) is 0.556. The number of H-pyrrole nitrogens is 1. The SMILES string of the molecule is O=c1[nH]c(CCO)nc2c1COCC2. The van der Waals surface area contributed by atoms with E-state index < -0.39 is 0 Å². The first-order valence-electron chi connectivity index (χ1n) is 4.61. The number of nitrogens with one attached hydrogen (secondary N) is 1. The minimum atomic E-state index is -0.141. The Bertz CT molecular complexity index is 386. The van der Waals surface area contributed by atoms with Crippen LogP contribution in [0.2, 0.25) is 0 Å². The molecule has 0 amide bonds. The van der Waals surface area contributed by atoms with Gasteiger partial charge in [0.25, 0.3) is 5.56 Å². The van der Waals surface area contributed by atoms with Crippen LogP contribution in [-0.2, 0) is 24.2 Å². The van der Waals surface area contributed by atoms with E-state index in [1.807, 2.05) is 0 Å². The third kappa shape index (κ3) is 1.69. The number of hydrogen-bond acceptors (Lipinski definition) is 4. The molecule has 1 aromatic heterocycles. The summed E-state index contributed by atoms with van der Waals surface area (Å²) in [7, 11) is 0. The number of aliphatic hydroxyl groups is 1. The molecule has 5 heteroatoms. The molecule has 2 N–H and O–H groups in total. The summed E-state index contributed by atoms with van der Waals surface area (Å²) in [6, 6.07) is 0. The lowest BCUT2D eigenvalue weighted by Gasteiger charge is -2.14. The van der Waals surface area contributed by atoms with Crippen LogP contribution in [0.3, 0.4) is 0 Å². The van der Waals surface area contributed by atoms with Crippen LogP contribution in [0.4, 0.5) is 0 Å². The summed E-state index contributed by atoms with van der Waals surface area (Å²) in [5, 5.41) is 8.73. The molecule has 1 aliphatic rings. The normalized spacial score (nSPS) is 15.2. The Morgan fingerprint density at radius 3 is 3.21 bits per heavy atom. The number of aliphatic hydroxyl groups excluding tert-OH is 1. The van der Waals surface area contributed by atoms with Crippen molar-refractivity contribution in [1.82, 2.24) is 9.97 Å². The molecule has 0 spiro atoms. The van der Waals surface area contributed by atoms with E-state index in [1.165, 1.54) is 0 Å². The molecule has 76 valence electrons. The van der Waals surface area contributed by atoms with Gasteiger partial charge in [0.1, 0.15) is 5.82 Å². The number of aromatic nitrogens is 2. The van der Waals surface area contributed by atoms with Gasteiger partial charge in [-0.3, -0.25) is 4.79 Å². The standard InChI is InChI=1S/C9H12N2O3/c12-3-1-8-10-7-2-4-14-5-6(7)9(13)11-8/h12H,1-5H2,(H,10,11,13). The minimum Gasteiger partial charge on any atom is -0.396 e. The summed E-state index contributed by atoms with van der Waals surface area (Å²) < 4.78 is 5.17. The maximum absolute atomic E-state index is 11.5. The van der Waals surface area contributed by atoms with Gasteiger partial charge < -0.3 is 14.8 Å². The van der Waals surface area contributed by atoms with Crippen LogP contribution in [0.25, 0.3) is 0 Å². The van der Waals surface area contributed by atoms with E-state index in [1.54, 1.807) is 0 Å². The van der Waals surface area contributed by atoms with Crippen LogP contribution in [0.15, 0.2) is 4.79 Å². The molecule has 0 saturated heterocycles. The number of aromatic amines is 1. The third-order valence-electron chi connectivity index (χ3n) is 2.23. The maximum Gasteiger partial charge on any atom is 0.256 e. The van der Waals surface area contributed by atoms with E-state index in [0.29, 0.717) is 37.4 Å². The maximum atomic E-state index is 11.5. The average Bonchev–Trinajstić information content (AvgIpc) is 2.18. The second-order valence-electron chi connectivity index (χ2n) is 3.21. The van der Waals surface area contributed by atoms with Gasteiger partial charge in [-0.1, -0.05) is 0 Å². The van der Waals surface area contributed by atoms with Gasteiger partial charge in [0.05, 0.1) is 31.1 Å². The Hall–Kier alpha value is -1.20. The molecule has 0 aromatic carbocycles. The lowest BCUT2D eigenvalue weighted by Crippen LogP contribution is -2.25. The molecule has 2 heterocycles. The molecule has 2 rings (SSSR count). The number of rotatable bonds is 2. The molecule has 0 saturated carbocycles. The van der Waals surface area contributed by atoms with Gasteiger partial charge in [-0.05, 0) is 0 Å². The van der Waals surface area contributed by atoms with Crippen LogP contribution in [0, 0.1) is 0 Å². The predicted octanol–water partition coefficient (Wildman–Crippen LogP) is -0.623. The highest BCUT2D eigenvalue weighted by Gasteiger charge is 2.15.